The van der Waals surface area contributed by atoms with Gasteiger partial charge in [0.2, 0.25) is 11.9 Å². The number of urea groups is 1. The maximum Gasteiger partial charge on any atom is 0.344 e. The summed E-state index contributed by atoms with van der Waals surface area (Å²) < 4.78 is 1.97. The summed E-state index contributed by atoms with van der Waals surface area (Å²) in [4.78, 5) is 40.5. The van der Waals surface area contributed by atoms with Gasteiger partial charge in [0.25, 0.3) is 5.91 Å². The van der Waals surface area contributed by atoms with Crippen LogP contribution in [0.15, 0.2) is 29.4 Å². The van der Waals surface area contributed by atoms with Crippen LogP contribution < -0.4 is 15.6 Å². The Kier molecular flexibility index (Phi) is 6.43. The molecule has 2 aromatic rings. The molecule has 1 aromatic heterocycles. The normalized spacial score (nSPS) is 24.3. The number of hydrogen-bond donors (Lipinski definition) is 2. The smallest absolute Gasteiger partial charge is 0.341 e. The summed E-state index contributed by atoms with van der Waals surface area (Å²) in [6, 6.07) is 7.52. The third-order valence-corrected chi connectivity index (χ3v) is 8.08. The van der Waals surface area contributed by atoms with Gasteiger partial charge in [0, 0.05) is 13.1 Å². The second-order valence-corrected chi connectivity index (χ2v) is 10.7. The number of amides is 4. The van der Waals surface area contributed by atoms with E-state index in [0.717, 1.165) is 61.0 Å². The highest BCUT2D eigenvalue weighted by Crippen LogP contribution is 2.36. The summed E-state index contributed by atoms with van der Waals surface area (Å²) in [7, 11) is 0. The van der Waals surface area contributed by atoms with Crippen molar-refractivity contribution in [3.8, 4) is 5.69 Å². The monoisotopic (exact) mass is 497 g/mol. The molecule has 1 aromatic carbocycles. The number of hydrogen-bond acceptors (Lipinski definition) is 7. The van der Waals surface area contributed by atoms with Crippen LogP contribution in [-0.2, 0) is 9.59 Å². The number of carbonyl (C=O) groups excluding carboxylic acids is 3. The summed E-state index contributed by atoms with van der Waals surface area (Å²) in [6.07, 6.45) is 5.16. The zero-order chi connectivity index (χ0) is 24.6. The Labute approximate surface area is 208 Å². The molecule has 3 heterocycles. The fraction of sp³-hybridized carbons (Fsp3) is 0.542. The lowest BCUT2D eigenvalue weighted by molar-refractivity contribution is -0.139. The van der Waals surface area contributed by atoms with Crippen LogP contribution in [0.1, 0.15) is 51.0 Å². The molecule has 35 heavy (non-hydrogen) atoms. The van der Waals surface area contributed by atoms with Gasteiger partial charge >= 0.3 is 6.03 Å². The topological polar surface area (TPSA) is 112 Å². The number of thioether (sulfide) groups is 1. The molecule has 0 bridgehead atoms. The van der Waals surface area contributed by atoms with E-state index in [1.807, 2.05) is 35.8 Å². The number of carbonyl (C=O) groups is 3. The van der Waals surface area contributed by atoms with E-state index < -0.39 is 17.5 Å². The Morgan fingerprint density at radius 2 is 1.83 bits per heavy atom. The first kappa shape index (κ1) is 23.7. The molecule has 0 unspecified atom stereocenters. The van der Waals surface area contributed by atoms with Crippen molar-refractivity contribution < 1.29 is 14.4 Å². The first-order chi connectivity index (χ1) is 16.9. The number of nitrogens with zero attached hydrogens (tertiary/aromatic N) is 5. The largest absolute Gasteiger partial charge is 0.344 e. The van der Waals surface area contributed by atoms with Crippen molar-refractivity contribution >= 4 is 35.6 Å². The molecule has 3 fully saturated rings. The Bertz CT molecular complexity index is 1120. The van der Waals surface area contributed by atoms with E-state index in [9.17, 15) is 14.4 Å². The van der Waals surface area contributed by atoms with Gasteiger partial charge in [-0.05, 0) is 63.5 Å². The van der Waals surface area contributed by atoms with Crippen molar-refractivity contribution in [2.75, 3.05) is 23.7 Å². The van der Waals surface area contributed by atoms with E-state index in [4.69, 9.17) is 0 Å². The molecule has 3 aliphatic rings. The van der Waals surface area contributed by atoms with E-state index in [1.54, 1.807) is 0 Å². The maximum atomic E-state index is 13.0. The molecule has 1 aliphatic carbocycles. The van der Waals surface area contributed by atoms with Crippen LogP contribution >= 0.6 is 11.8 Å². The molecule has 11 heteroatoms. The van der Waals surface area contributed by atoms with Gasteiger partial charge in [-0.3, -0.25) is 19.6 Å². The molecule has 4 amide bonds. The molecular weight excluding hydrogens is 466 g/mol. The van der Waals surface area contributed by atoms with Crippen molar-refractivity contribution in [3.63, 3.8) is 0 Å². The van der Waals surface area contributed by atoms with Crippen molar-refractivity contribution in [3.05, 3.63) is 29.8 Å². The molecular formula is C24H31N7O3S. The van der Waals surface area contributed by atoms with Gasteiger partial charge in [0.1, 0.15) is 5.54 Å². The number of imide groups is 1. The van der Waals surface area contributed by atoms with Crippen molar-refractivity contribution in [2.24, 2.45) is 5.92 Å². The quantitative estimate of drug-likeness (QED) is 0.466. The SMILES string of the molecule is Cc1ccc(-n2c(SCC(=O)NN3C(=O)NC4(CCC(C)CC4)C3=O)nnc2N2CCCC2)cc1. The lowest BCUT2D eigenvalue weighted by Gasteiger charge is -2.33. The molecule has 0 atom stereocenters. The highest BCUT2D eigenvalue weighted by Gasteiger charge is 2.52. The van der Waals surface area contributed by atoms with Crippen molar-refractivity contribution in [1.82, 2.24) is 30.5 Å². The Hall–Kier alpha value is -3.08. The molecule has 10 nitrogen and oxygen atoms in total. The van der Waals surface area contributed by atoms with Gasteiger partial charge < -0.3 is 10.2 Å². The first-order valence-electron chi connectivity index (χ1n) is 12.2. The Morgan fingerprint density at radius 1 is 1.14 bits per heavy atom. The highest BCUT2D eigenvalue weighted by atomic mass is 32.2. The van der Waals surface area contributed by atoms with Gasteiger partial charge in [0.15, 0.2) is 5.16 Å². The molecule has 0 radical (unpaired) electrons. The maximum absolute atomic E-state index is 13.0. The number of anilines is 1. The number of aromatic nitrogens is 3. The Morgan fingerprint density at radius 3 is 2.51 bits per heavy atom. The molecule has 1 spiro atoms. The van der Waals surface area contributed by atoms with Gasteiger partial charge in [-0.25, -0.2) is 4.79 Å². The number of aryl methyl sites for hydroxylation is 1. The Balaban J connectivity index is 1.28. The number of nitrogens with one attached hydrogen (secondary N) is 2. The molecule has 186 valence electrons. The third kappa shape index (κ3) is 4.61. The number of rotatable bonds is 6. The first-order valence-corrected chi connectivity index (χ1v) is 13.2. The molecule has 2 saturated heterocycles. The fourth-order valence-corrected chi connectivity index (χ4v) is 5.74. The summed E-state index contributed by atoms with van der Waals surface area (Å²) >= 11 is 1.23. The van der Waals surface area contributed by atoms with E-state index in [0.29, 0.717) is 23.9 Å². The average molecular weight is 498 g/mol. The minimum atomic E-state index is -0.889. The number of benzene rings is 1. The zero-order valence-electron chi connectivity index (χ0n) is 20.1. The van der Waals surface area contributed by atoms with E-state index in [2.05, 4.69) is 32.8 Å². The summed E-state index contributed by atoms with van der Waals surface area (Å²) in [6.45, 7) is 6.02. The predicted octanol–water partition coefficient (Wildman–Crippen LogP) is 2.80. The summed E-state index contributed by atoms with van der Waals surface area (Å²) in [5.41, 5.74) is 3.69. The van der Waals surface area contributed by atoms with Gasteiger partial charge in [-0.1, -0.05) is 36.4 Å². The van der Waals surface area contributed by atoms with Gasteiger partial charge in [-0.15, -0.1) is 10.2 Å². The van der Waals surface area contributed by atoms with Crippen molar-refractivity contribution in [2.45, 2.75) is 63.1 Å². The lowest BCUT2D eigenvalue weighted by atomic mass is 9.77. The molecule has 1 saturated carbocycles. The second kappa shape index (κ2) is 9.52. The van der Waals surface area contributed by atoms with E-state index in [-0.39, 0.29) is 11.7 Å². The van der Waals surface area contributed by atoms with Gasteiger partial charge in [-0.2, -0.15) is 5.01 Å². The van der Waals surface area contributed by atoms with Crippen LogP contribution in [0.4, 0.5) is 10.7 Å². The van der Waals surface area contributed by atoms with Gasteiger partial charge in [0.05, 0.1) is 11.4 Å². The number of hydrazine groups is 1. The van der Waals surface area contributed by atoms with Crippen LogP contribution in [-0.4, -0.2) is 62.0 Å². The predicted molar refractivity (Wildman–Crippen MR) is 132 cm³/mol. The van der Waals surface area contributed by atoms with Crippen molar-refractivity contribution in [1.29, 1.82) is 0 Å². The fourth-order valence-electron chi connectivity index (χ4n) is 5.00. The van der Waals surface area contributed by atoms with Crippen LogP contribution in [0, 0.1) is 12.8 Å². The second-order valence-electron chi connectivity index (χ2n) is 9.81. The van der Waals surface area contributed by atoms with Crippen LogP contribution in [0.25, 0.3) is 5.69 Å². The summed E-state index contributed by atoms with van der Waals surface area (Å²) in [5, 5.41) is 13.0. The van der Waals surface area contributed by atoms with Crippen LogP contribution in [0.3, 0.4) is 0 Å². The van der Waals surface area contributed by atoms with Crippen LogP contribution in [0.5, 0.6) is 0 Å². The van der Waals surface area contributed by atoms with E-state index >= 15 is 0 Å². The standard InChI is InChI=1S/C24H31N7O3S/c1-16-5-7-18(8-6-16)30-21(29-13-3-4-14-29)26-27-23(30)35-15-19(32)28-31-20(33)24(25-22(31)34)11-9-17(2)10-12-24/h5-8,17H,3-4,9-15H2,1-2H3,(H,25,34)(H,28,32). The summed E-state index contributed by atoms with van der Waals surface area (Å²) in [5.74, 6) is 0.469. The zero-order valence-corrected chi connectivity index (χ0v) is 20.9. The minimum Gasteiger partial charge on any atom is -0.341 e. The molecule has 5 rings (SSSR count). The van der Waals surface area contributed by atoms with E-state index in [1.165, 1.54) is 11.8 Å². The minimum absolute atomic E-state index is 0.00884. The third-order valence-electron chi connectivity index (χ3n) is 7.16. The van der Waals surface area contributed by atoms with Crippen LogP contribution in [0.2, 0.25) is 0 Å². The molecule has 2 N–H and O–H groups in total. The average Bonchev–Trinajstić information content (AvgIpc) is 3.57. The lowest BCUT2D eigenvalue weighted by Crippen LogP contribution is -2.51. The molecule has 2 aliphatic heterocycles. The highest BCUT2D eigenvalue weighted by molar-refractivity contribution is 7.99.